The average Bonchev–Trinajstić information content (AvgIpc) is 2.31. The molecule has 0 spiro atoms. The van der Waals surface area contributed by atoms with Crippen LogP contribution in [0.25, 0.3) is 0 Å². The maximum absolute atomic E-state index is 7.43. The van der Waals surface area contributed by atoms with Crippen LogP contribution in [0.2, 0.25) is 0 Å². The first kappa shape index (κ1) is 11.0. The zero-order valence-corrected chi connectivity index (χ0v) is 9.74. The van der Waals surface area contributed by atoms with Crippen molar-refractivity contribution in [2.75, 3.05) is 13.1 Å². The molecule has 0 radical (unpaired) electrons. The van der Waals surface area contributed by atoms with Crippen LogP contribution in [0.15, 0.2) is 30.3 Å². The number of hydrogen-bond acceptors (Lipinski definition) is 1. The van der Waals surface area contributed by atoms with Crippen molar-refractivity contribution < 1.29 is 0 Å². The molecular formula is C13H19N3. The van der Waals surface area contributed by atoms with Crippen molar-refractivity contribution in [3.63, 3.8) is 0 Å². The first-order valence-corrected chi connectivity index (χ1v) is 5.76. The van der Waals surface area contributed by atoms with Gasteiger partial charge in [0.2, 0.25) is 0 Å². The minimum absolute atomic E-state index is 0.204. The predicted octanol–water partition coefficient (Wildman–Crippen LogP) is 1.93. The van der Waals surface area contributed by atoms with Crippen LogP contribution < -0.4 is 5.73 Å². The lowest BCUT2D eigenvalue weighted by molar-refractivity contribution is 0.238. The number of piperidine rings is 1. The van der Waals surface area contributed by atoms with Crippen LogP contribution >= 0.6 is 0 Å². The van der Waals surface area contributed by atoms with E-state index in [1.165, 1.54) is 5.56 Å². The molecule has 1 fully saturated rings. The van der Waals surface area contributed by atoms with E-state index >= 15 is 0 Å². The van der Waals surface area contributed by atoms with Gasteiger partial charge in [-0.25, -0.2) is 0 Å². The van der Waals surface area contributed by atoms with Crippen molar-refractivity contribution >= 4 is 5.96 Å². The number of guanidine groups is 1. The highest BCUT2D eigenvalue weighted by Gasteiger charge is 2.31. The van der Waals surface area contributed by atoms with E-state index in [1.807, 2.05) is 4.90 Å². The number of nitrogens with one attached hydrogen (secondary N) is 1. The average molecular weight is 217 g/mol. The summed E-state index contributed by atoms with van der Waals surface area (Å²) in [6, 6.07) is 10.6. The Kier molecular flexibility index (Phi) is 2.86. The van der Waals surface area contributed by atoms with Gasteiger partial charge in [0.05, 0.1) is 0 Å². The molecule has 3 heteroatoms. The van der Waals surface area contributed by atoms with Crippen LogP contribution in [0.4, 0.5) is 0 Å². The van der Waals surface area contributed by atoms with Gasteiger partial charge in [-0.15, -0.1) is 0 Å². The SMILES string of the molecule is CC1(c2ccccc2)CCN(C(=N)N)CC1. The molecule has 16 heavy (non-hydrogen) atoms. The van der Waals surface area contributed by atoms with Gasteiger partial charge >= 0.3 is 0 Å². The topological polar surface area (TPSA) is 53.1 Å². The van der Waals surface area contributed by atoms with Crippen molar-refractivity contribution in [3.8, 4) is 0 Å². The molecule has 0 unspecified atom stereocenters. The molecule has 0 atom stereocenters. The molecular weight excluding hydrogens is 198 g/mol. The van der Waals surface area contributed by atoms with Crippen LogP contribution in [0.1, 0.15) is 25.3 Å². The van der Waals surface area contributed by atoms with E-state index in [0.29, 0.717) is 0 Å². The van der Waals surface area contributed by atoms with E-state index < -0.39 is 0 Å². The Hall–Kier alpha value is -1.51. The van der Waals surface area contributed by atoms with E-state index in [1.54, 1.807) is 0 Å². The van der Waals surface area contributed by atoms with Crippen LogP contribution in [0.5, 0.6) is 0 Å². The standard InChI is InChI=1S/C13H19N3/c1-13(11-5-3-2-4-6-11)7-9-16(10-8-13)12(14)15/h2-6H,7-10H2,1H3,(H3,14,15). The van der Waals surface area contributed by atoms with Crippen molar-refractivity contribution in [2.24, 2.45) is 5.73 Å². The molecule has 0 amide bonds. The van der Waals surface area contributed by atoms with E-state index in [2.05, 4.69) is 37.3 Å². The maximum Gasteiger partial charge on any atom is 0.188 e. The number of rotatable bonds is 1. The number of benzene rings is 1. The fourth-order valence-electron chi connectivity index (χ4n) is 2.37. The number of nitrogens with two attached hydrogens (primary N) is 1. The summed E-state index contributed by atoms with van der Waals surface area (Å²) in [5.41, 5.74) is 7.15. The molecule has 3 N–H and O–H groups in total. The number of nitrogens with zero attached hydrogens (tertiary/aromatic N) is 1. The van der Waals surface area contributed by atoms with Crippen molar-refractivity contribution in [1.82, 2.24) is 4.90 Å². The third-order valence-electron chi connectivity index (χ3n) is 3.68. The van der Waals surface area contributed by atoms with Crippen molar-refractivity contribution in [2.45, 2.75) is 25.2 Å². The summed E-state index contributed by atoms with van der Waals surface area (Å²) in [4.78, 5) is 1.95. The molecule has 1 aromatic rings. The fourth-order valence-corrected chi connectivity index (χ4v) is 2.37. The second kappa shape index (κ2) is 4.16. The summed E-state index contributed by atoms with van der Waals surface area (Å²) in [5, 5.41) is 7.43. The van der Waals surface area contributed by atoms with E-state index in [4.69, 9.17) is 11.1 Å². The smallest absolute Gasteiger partial charge is 0.188 e. The van der Waals surface area contributed by atoms with Gasteiger partial charge in [-0.05, 0) is 23.8 Å². The summed E-state index contributed by atoms with van der Waals surface area (Å²) in [6.45, 7) is 4.08. The van der Waals surface area contributed by atoms with Gasteiger partial charge in [0.25, 0.3) is 0 Å². The lowest BCUT2D eigenvalue weighted by Crippen LogP contribution is -2.46. The fraction of sp³-hybridized carbons (Fsp3) is 0.462. The maximum atomic E-state index is 7.43. The van der Waals surface area contributed by atoms with Gasteiger partial charge in [-0.2, -0.15) is 0 Å². The zero-order chi connectivity index (χ0) is 11.6. The highest BCUT2D eigenvalue weighted by atomic mass is 15.2. The Morgan fingerprint density at radius 3 is 2.31 bits per heavy atom. The van der Waals surface area contributed by atoms with E-state index in [-0.39, 0.29) is 11.4 Å². The third kappa shape index (κ3) is 2.03. The molecule has 0 bridgehead atoms. The summed E-state index contributed by atoms with van der Waals surface area (Å²) >= 11 is 0. The molecule has 0 aromatic heterocycles. The van der Waals surface area contributed by atoms with Gasteiger partial charge in [0, 0.05) is 13.1 Å². The first-order valence-electron chi connectivity index (χ1n) is 5.76. The van der Waals surface area contributed by atoms with Crippen molar-refractivity contribution in [3.05, 3.63) is 35.9 Å². The summed E-state index contributed by atoms with van der Waals surface area (Å²) in [5.74, 6) is 0.204. The minimum Gasteiger partial charge on any atom is -0.370 e. The monoisotopic (exact) mass is 217 g/mol. The molecule has 3 nitrogen and oxygen atoms in total. The molecule has 1 saturated heterocycles. The lowest BCUT2D eigenvalue weighted by Gasteiger charge is -2.40. The van der Waals surface area contributed by atoms with E-state index in [0.717, 1.165) is 25.9 Å². The molecule has 1 aliphatic heterocycles. The second-order valence-electron chi connectivity index (χ2n) is 4.80. The zero-order valence-electron chi connectivity index (χ0n) is 9.74. The largest absolute Gasteiger partial charge is 0.370 e. The molecule has 2 rings (SSSR count). The summed E-state index contributed by atoms with van der Waals surface area (Å²) in [6.07, 6.45) is 2.13. The molecule has 1 heterocycles. The Morgan fingerprint density at radius 2 is 1.81 bits per heavy atom. The molecule has 0 aliphatic carbocycles. The van der Waals surface area contributed by atoms with Crippen molar-refractivity contribution in [1.29, 1.82) is 5.41 Å². The predicted molar refractivity (Wildman–Crippen MR) is 66.5 cm³/mol. The summed E-state index contributed by atoms with van der Waals surface area (Å²) < 4.78 is 0. The van der Waals surface area contributed by atoms with Crippen LogP contribution in [-0.2, 0) is 5.41 Å². The minimum atomic E-state index is 0.204. The Morgan fingerprint density at radius 1 is 1.25 bits per heavy atom. The van der Waals surface area contributed by atoms with Gasteiger partial charge < -0.3 is 10.6 Å². The molecule has 86 valence electrons. The number of hydrogen-bond donors (Lipinski definition) is 2. The molecule has 0 saturated carbocycles. The normalized spacial score (nSPS) is 19.4. The lowest BCUT2D eigenvalue weighted by atomic mass is 9.74. The van der Waals surface area contributed by atoms with Gasteiger partial charge in [0.1, 0.15) is 0 Å². The first-order chi connectivity index (χ1) is 7.62. The highest BCUT2D eigenvalue weighted by Crippen LogP contribution is 2.34. The van der Waals surface area contributed by atoms with E-state index in [9.17, 15) is 0 Å². The molecule has 1 aliphatic rings. The Labute approximate surface area is 96.8 Å². The van der Waals surface area contributed by atoms with Crippen LogP contribution in [0, 0.1) is 5.41 Å². The van der Waals surface area contributed by atoms with Gasteiger partial charge in [0.15, 0.2) is 5.96 Å². The van der Waals surface area contributed by atoms with Crippen LogP contribution in [-0.4, -0.2) is 23.9 Å². The van der Waals surface area contributed by atoms with Crippen LogP contribution in [0.3, 0.4) is 0 Å². The Bertz CT molecular complexity index is 364. The third-order valence-corrected chi connectivity index (χ3v) is 3.68. The second-order valence-corrected chi connectivity index (χ2v) is 4.80. The van der Waals surface area contributed by atoms with Gasteiger partial charge in [-0.1, -0.05) is 37.3 Å². The molecule has 1 aromatic carbocycles. The van der Waals surface area contributed by atoms with Gasteiger partial charge in [-0.3, -0.25) is 5.41 Å². The number of likely N-dealkylation sites (tertiary alicyclic amines) is 1. The highest BCUT2D eigenvalue weighted by molar-refractivity contribution is 5.74. The Balaban J connectivity index is 2.10. The summed E-state index contributed by atoms with van der Waals surface area (Å²) in [7, 11) is 0. The quantitative estimate of drug-likeness (QED) is 0.558.